The lowest BCUT2D eigenvalue weighted by Crippen LogP contribution is -2.40. The van der Waals surface area contributed by atoms with Crippen molar-refractivity contribution in [1.29, 1.82) is 0 Å². The third kappa shape index (κ3) is 2.64. The predicted molar refractivity (Wildman–Crippen MR) is 102 cm³/mol. The molecule has 2 heterocycles. The topological polar surface area (TPSA) is 62.4 Å². The van der Waals surface area contributed by atoms with Gasteiger partial charge in [0.05, 0.1) is 19.7 Å². The van der Waals surface area contributed by atoms with Crippen LogP contribution in [-0.4, -0.2) is 47.4 Å². The smallest absolute Gasteiger partial charge is 0.410 e. The molecule has 1 unspecified atom stereocenters. The first-order valence-electron chi connectivity index (χ1n) is 8.37. The number of fused-ring (bicyclic) bond motifs is 4. The van der Waals surface area contributed by atoms with Crippen molar-refractivity contribution in [2.75, 3.05) is 25.2 Å². The summed E-state index contributed by atoms with van der Waals surface area (Å²) < 4.78 is 4.98. The van der Waals surface area contributed by atoms with Crippen molar-refractivity contribution >= 4 is 46.8 Å². The summed E-state index contributed by atoms with van der Waals surface area (Å²) in [7, 11) is 1.36. The van der Waals surface area contributed by atoms with E-state index in [-0.39, 0.29) is 16.7 Å². The molecular weight excluding hydrogens is 356 g/mol. The second kappa shape index (κ2) is 6.61. The van der Waals surface area contributed by atoms with Gasteiger partial charge >= 0.3 is 6.09 Å². The van der Waals surface area contributed by atoms with E-state index in [0.29, 0.717) is 0 Å². The molecule has 2 aromatic rings. The van der Waals surface area contributed by atoms with E-state index in [1.54, 1.807) is 4.90 Å². The van der Waals surface area contributed by atoms with Crippen molar-refractivity contribution in [3.05, 3.63) is 35.5 Å². The average Bonchev–Trinajstić information content (AvgIpc) is 3.26. The zero-order valence-corrected chi connectivity index (χ0v) is 15.6. The molecule has 2 aliphatic rings. The van der Waals surface area contributed by atoms with Gasteiger partial charge in [-0.1, -0.05) is 18.2 Å². The molecule has 1 atom stereocenters. The van der Waals surface area contributed by atoms with Crippen LogP contribution in [0, 0.1) is 0 Å². The molecule has 1 aliphatic carbocycles. The van der Waals surface area contributed by atoms with Gasteiger partial charge in [-0.25, -0.2) is 4.79 Å². The second-order valence-electron chi connectivity index (χ2n) is 6.25. The van der Waals surface area contributed by atoms with Crippen LogP contribution >= 0.6 is 23.5 Å². The number of aromatic nitrogens is 1. The third-order valence-electron chi connectivity index (χ3n) is 5.02. The number of carbonyl (C=O) groups is 2. The highest BCUT2D eigenvalue weighted by Crippen LogP contribution is 2.60. The van der Waals surface area contributed by atoms with Gasteiger partial charge in [-0.3, -0.25) is 4.90 Å². The first-order chi connectivity index (χ1) is 12.2. The van der Waals surface area contributed by atoms with Gasteiger partial charge in [0.15, 0.2) is 0 Å². The maximum absolute atomic E-state index is 12.3. The van der Waals surface area contributed by atoms with Crippen molar-refractivity contribution < 1.29 is 14.3 Å². The fourth-order valence-corrected chi connectivity index (χ4v) is 7.28. The number of benzene rings is 1. The van der Waals surface area contributed by atoms with Gasteiger partial charge in [-0.05, 0) is 18.9 Å². The first-order valence-corrected chi connectivity index (χ1v) is 10.3. The summed E-state index contributed by atoms with van der Waals surface area (Å²) in [6, 6.07) is 8.06. The number of para-hydroxylation sites is 1. The number of aldehydes is 1. The summed E-state index contributed by atoms with van der Waals surface area (Å²) in [5.41, 5.74) is 3.44. The minimum atomic E-state index is -0.448. The molecule has 1 spiro atoms. The van der Waals surface area contributed by atoms with E-state index >= 15 is 0 Å². The monoisotopic (exact) mass is 376 g/mol. The van der Waals surface area contributed by atoms with Crippen LogP contribution in [0.15, 0.2) is 24.3 Å². The number of aromatic amines is 1. The minimum Gasteiger partial charge on any atom is -0.453 e. The van der Waals surface area contributed by atoms with Crippen molar-refractivity contribution in [3.8, 4) is 0 Å². The van der Waals surface area contributed by atoms with Crippen LogP contribution in [0.4, 0.5) is 4.79 Å². The maximum Gasteiger partial charge on any atom is 0.410 e. The Morgan fingerprint density at radius 3 is 2.88 bits per heavy atom. The number of rotatable bonds is 3. The molecule has 1 N–H and O–H groups in total. The molecule has 5 nitrogen and oxygen atoms in total. The largest absolute Gasteiger partial charge is 0.453 e. The molecule has 0 bridgehead atoms. The normalized spacial score (nSPS) is 21.2. The molecule has 7 heteroatoms. The quantitative estimate of drug-likeness (QED) is 0.823. The molecule has 1 aromatic carbocycles. The maximum atomic E-state index is 12.3. The lowest BCUT2D eigenvalue weighted by molar-refractivity contribution is -0.109. The molecule has 1 fully saturated rings. The van der Waals surface area contributed by atoms with Gasteiger partial charge in [-0.2, -0.15) is 0 Å². The zero-order valence-electron chi connectivity index (χ0n) is 14.0. The molecule has 1 aromatic heterocycles. The fraction of sp³-hybridized carbons (Fsp3) is 0.444. The second-order valence-corrected chi connectivity index (χ2v) is 9.30. The van der Waals surface area contributed by atoms with Gasteiger partial charge < -0.3 is 14.5 Å². The molecule has 0 saturated carbocycles. The predicted octanol–water partition coefficient (Wildman–Crippen LogP) is 3.90. The summed E-state index contributed by atoms with van der Waals surface area (Å²) in [6.45, 7) is 0.0452. The molecule has 4 rings (SSSR count). The SMILES string of the molecule is COC(=O)N(CC=O)C1CCC2(SCCS2)c2[nH]c3ccccc3c21. The van der Waals surface area contributed by atoms with E-state index in [1.165, 1.54) is 12.8 Å². The number of thioether (sulfide) groups is 2. The van der Waals surface area contributed by atoms with Gasteiger partial charge in [0, 0.05) is 33.7 Å². The van der Waals surface area contributed by atoms with Crippen LogP contribution in [0.2, 0.25) is 0 Å². The van der Waals surface area contributed by atoms with Crippen LogP contribution in [0.5, 0.6) is 0 Å². The number of amides is 1. The Kier molecular flexibility index (Phi) is 4.45. The Morgan fingerprint density at radius 2 is 2.16 bits per heavy atom. The Balaban J connectivity index is 1.89. The number of carbonyl (C=O) groups excluding carboxylic acids is 2. The molecule has 1 amide bonds. The van der Waals surface area contributed by atoms with Crippen molar-refractivity contribution in [3.63, 3.8) is 0 Å². The standard InChI is InChI=1S/C18H20N2O3S2/c1-23-17(22)20(8-9-21)14-6-7-18(24-10-11-25-18)16-15(14)12-4-2-3-5-13(12)19-16/h2-5,9,14,19H,6-8,10-11H2,1H3. The lowest BCUT2D eigenvalue weighted by atomic mass is 9.89. The highest BCUT2D eigenvalue weighted by atomic mass is 32.2. The zero-order chi connectivity index (χ0) is 17.4. The Morgan fingerprint density at radius 1 is 1.40 bits per heavy atom. The number of nitrogens with zero attached hydrogens (tertiary/aromatic N) is 1. The van der Waals surface area contributed by atoms with Crippen molar-refractivity contribution in [1.82, 2.24) is 9.88 Å². The van der Waals surface area contributed by atoms with Crippen LogP contribution in [-0.2, 0) is 13.6 Å². The fourth-order valence-electron chi connectivity index (χ4n) is 3.99. The summed E-state index contributed by atoms with van der Waals surface area (Å²) in [4.78, 5) is 28.7. The van der Waals surface area contributed by atoms with E-state index < -0.39 is 6.09 Å². The van der Waals surface area contributed by atoms with Gasteiger partial charge in [0.1, 0.15) is 10.4 Å². The van der Waals surface area contributed by atoms with Crippen molar-refractivity contribution in [2.45, 2.75) is 23.0 Å². The first kappa shape index (κ1) is 16.8. The lowest BCUT2D eigenvalue weighted by Gasteiger charge is -2.39. The van der Waals surface area contributed by atoms with E-state index in [0.717, 1.165) is 47.1 Å². The van der Waals surface area contributed by atoms with E-state index in [2.05, 4.69) is 17.1 Å². The molecule has 1 aliphatic heterocycles. The highest BCUT2D eigenvalue weighted by molar-refractivity contribution is 8.20. The van der Waals surface area contributed by atoms with Crippen molar-refractivity contribution in [2.24, 2.45) is 0 Å². The minimum absolute atomic E-state index is 0.0355. The number of hydrogen-bond acceptors (Lipinski definition) is 5. The summed E-state index contributed by atoms with van der Waals surface area (Å²) in [6.07, 6.45) is 2.13. The van der Waals surface area contributed by atoms with Crippen LogP contribution in [0.3, 0.4) is 0 Å². The van der Waals surface area contributed by atoms with E-state index in [4.69, 9.17) is 4.74 Å². The number of nitrogens with one attached hydrogen (secondary N) is 1. The van der Waals surface area contributed by atoms with Gasteiger partial charge in [0.25, 0.3) is 0 Å². The molecule has 1 saturated heterocycles. The highest BCUT2D eigenvalue weighted by Gasteiger charge is 2.47. The molecule has 132 valence electrons. The number of methoxy groups -OCH3 is 1. The number of H-pyrrole nitrogens is 1. The summed E-state index contributed by atoms with van der Waals surface area (Å²) in [5.74, 6) is 2.28. The molecule has 0 radical (unpaired) electrons. The number of ether oxygens (including phenoxy) is 1. The third-order valence-corrected chi connectivity index (χ3v) is 8.55. The Bertz CT molecular complexity index is 814. The summed E-state index contributed by atoms with van der Waals surface area (Å²) in [5, 5.41) is 1.13. The summed E-state index contributed by atoms with van der Waals surface area (Å²) >= 11 is 3.98. The molecular formula is C18H20N2O3S2. The average molecular weight is 377 g/mol. The number of hydrogen-bond donors (Lipinski definition) is 1. The van der Waals surface area contributed by atoms with Crippen LogP contribution in [0.25, 0.3) is 10.9 Å². The van der Waals surface area contributed by atoms with E-state index in [9.17, 15) is 9.59 Å². The van der Waals surface area contributed by atoms with Gasteiger partial charge in [-0.15, -0.1) is 23.5 Å². The van der Waals surface area contributed by atoms with E-state index in [1.807, 2.05) is 35.7 Å². The van der Waals surface area contributed by atoms with Crippen LogP contribution in [0.1, 0.15) is 30.1 Å². The van der Waals surface area contributed by atoms with Gasteiger partial charge in [0.2, 0.25) is 0 Å². The van der Waals surface area contributed by atoms with Crippen LogP contribution < -0.4 is 0 Å². The molecule has 25 heavy (non-hydrogen) atoms. The Hall–Kier alpha value is -1.60. The Labute approximate surface area is 154 Å².